The molecule has 168 valence electrons. The highest BCUT2D eigenvalue weighted by atomic mass is 35.5. The van der Waals surface area contributed by atoms with Crippen LogP contribution in [0.5, 0.6) is 0 Å². The molecule has 0 atom stereocenters. The summed E-state index contributed by atoms with van der Waals surface area (Å²) in [6, 6.07) is 12.5. The van der Waals surface area contributed by atoms with E-state index in [2.05, 4.69) is 9.97 Å². The van der Waals surface area contributed by atoms with E-state index < -0.39 is 16.6 Å². The lowest BCUT2D eigenvalue weighted by atomic mass is 9.99. The van der Waals surface area contributed by atoms with Crippen molar-refractivity contribution in [2.24, 2.45) is 0 Å². The lowest BCUT2D eigenvalue weighted by molar-refractivity contribution is -0.135. The van der Waals surface area contributed by atoms with Gasteiger partial charge in [-0.15, -0.1) is 0 Å². The molecule has 0 aliphatic carbocycles. The topological polar surface area (TPSA) is 107 Å². The van der Waals surface area contributed by atoms with Crippen LogP contribution in [0.25, 0.3) is 0 Å². The number of H-pyrrole nitrogens is 1. The molecule has 4 rings (SSSR count). The fourth-order valence-electron chi connectivity index (χ4n) is 3.73. The number of fused-ring (bicyclic) bond motifs is 1. The van der Waals surface area contributed by atoms with Gasteiger partial charge in [-0.1, -0.05) is 29.8 Å². The molecule has 2 N–H and O–H groups in total. The molecule has 1 aliphatic rings. The fraction of sp³-hybridized carbons (Fsp3) is 0.273. The predicted molar refractivity (Wildman–Crippen MR) is 121 cm³/mol. The van der Waals surface area contributed by atoms with Gasteiger partial charge in [-0.3, -0.25) is 9.10 Å². The number of nitrogens with one attached hydrogen (secondary N) is 1. The van der Waals surface area contributed by atoms with Crippen molar-refractivity contribution in [2.45, 2.75) is 31.5 Å². The van der Waals surface area contributed by atoms with Crippen molar-refractivity contribution in [3.05, 3.63) is 76.2 Å². The first-order valence-electron chi connectivity index (χ1n) is 10.1. The monoisotopic (exact) mass is 474 g/mol. The van der Waals surface area contributed by atoms with Crippen molar-refractivity contribution in [1.82, 2.24) is 14.9 Å². The van der Waals surface area contributed by atoms with Crippen LogP contribution in [0.3, 0.4) is 0 Å². The van der Waals surface area contributed by atoms with E-state index >= 15 is 0 Å². The maximum Gasteiger partial charge on any atom is 0.281 e. The van der Waals surface area contributed by atoms with E-state index in [1.165, 1.54) is 10.5 Å². The Morgan fingerprint density at radius 2 is 1.97 bits per heavy atom. The number of aromatic nitrogens is 2. The number of anilines is 1. The van der Waals surface area contributed by atoms with Crippen LogP contribution in [0.2, 0.25) is 5.02 Å². The second-order valence-corrected chi connectivity index (χ2v) is 9.91. The maximum absolute atomic E-state index is 13.5. The number of carbonyl (C=O) groups is 1. The molecule has 1 aromatic heterocycles. The second kappa shape index (κ2) is 8.93. The summed E-state index contributed by atoms with van der Waals surface area (Å²) in [7, 11) is -3.91. The molecule has 0 radical (unpaired) electrons. The SMILES string of the molecule is Cc1ncc(S(=O)(=O)N(Cc2ccc(Cl)cc2)c2ccc3c(c2)CCN(C(=O)CO)C3)[nH]1. The molecule has 2 aromatic carbocycles. The molecule has 1 aliphatic heterocycles. The van der Waals surface area contributed by atoms with Crippen LogP contribution in [0.1, 0.15) is 22.5 Å². The number of carbonyl (C=O) groups excluding carboxylic acids is 1. The number of nitrogens with zero attached hydrogens (tertiary/aromatic N) is 3. The van der Waals surface area contributed by atoms with Gasteiger partial charge in [0.05, 0.1) is 18.4 Å². The molecule has 0 fully saturated rings. The van der Waals surface area contributed by atoms with Gasteiger partial charge in [0.1, 0.15) is 12.4 Å². The maximum atomic E-state index is 13.5. The summed E-state index contributed by atoms with van der Waals surface area (Å²) >= 11 is 5.99. The summed E-state index contributed by atoms with van der Waals surface area (Å²) in [4.78, 5) is 20.3. The minimum atomic E-state index is -3.91. The average molecular weight is 475 g/mol. The van der Waals surface area contributed by atoms with Gasteiger partial charge in [-0.25, -0.2) is 4.98 Å². The zero-order valence-corrected chi connectivity index (χ0v) is 19.0. The van der Waals surface area contributed by atoms with E-state index in [0.29, 0.717) is 36.0 Å². The van der Waals surface area contributed by atoms with Crippen LogP contribution in [-0.4, -0.2) is 47.5 Å². The van der Waals surface area contributed by atoms with E-state index in [1.807, 2.05) is 12.1 Å². The zero-order valence-electron chi connectivity index (χ0n) is 17.5. The highest BCUT2D eigenvalue weighted by Gasteiger charge is 2.29. The van der Waals surface area contributed by atoms with Crippen molar-refractivity contribution in [3.63, 3.8) is 0 Å². The van der Waals surface area contributed by atoms with Crippen molar-refractivity contribution >= 4 is 33.2 Å². The molecule has 2 heterocycles. The summed E-state index contributed by atoms with van der Waals surface area (Å²) in [6.07, 6.45) is 1.89. The Hall–Kier alpha value is -2.88. The van der Waals surface area contributed by atoms with Crippen molar-refractivity contribution in [2.75, 3.05) is 17.5 Å². The quantitative estimate of drug-likeness (QED) is 0.571. The van der Waals surface area contributed by atoms with Gasteiger partial charge in [0, 0.05) is 18.1 Å². The van der Waals surface area contributed by atoms with Crippen LogP contribution in [-0.2, 0) is 34.3 Å². The number of halogens is 1. The molecular weight excluding hydrogens is 452 g/mol. The molecule has 10 heteroatoms. The van der Waals surface area contributed by atoms with E-state index in [-0.39, 0.29) is 17.5 Å². The zero-order chi connectivity index (χ0) is 22.9. The smallest absolute Gasteiger partial charge is 0.281 e. The third kappa shape index (κ3) is 4.50. The van der Waals surface area contributed by atoms with Gasteiger partial charge in [0.2, 0.25) is 5.91 Å². The molecule has 0 unspecified atom stereocenters. The number of aliphatic hydroxyl groups is 1. The van der Waals surface area contributed by atoms with E-state index in [1.54, 1.807) is 42.2 Å². The Labute approximate surface area is 191 Å². The third-order valence-corrected chi connectivity index (χ3v) is 7.40. The van der Waals surface area contributed by atoms with Crippen molar-refractivity contribution in [3.8, 4) is 0 Å². The fourth-order valence-corrected chi connectivity index (χ4v) is 5.26. The Balaban J connectivity index is 1.72. The summed E-state index contributed by atoms with van der Waals surface area (Å²) < 4.78 is 28.4. The van der Waals surface area contributed by atoms with Gasteiger partial charge in [-0.05, 0) is 54.3 Å². The molecule has 0 spiro atoms. The number of aromatic amines is 1. The molecule has 8 nitrogen and oxygen atoms in total. The second-order valence-electron chi connectivity index (χ2n) is 7.65. The lowest BCUT2D eigenvalue weighted by Gasteiger charge is -2.30. The van der Waals surface area contributed by atoms with E-state index in [4.69, 9.17) is 16.7 Å². The van der Waals surface area contributed by atoms with E-state index in [9.17, 15) is 13.2 Å². The summed E-state index contributed by atoms with van der Waals surface area (Å²) in [5.74, 6) is 0.190. The molecule has 0 bridgehead atoms. The number of imidazole rings is 1. The number of benzene rings is 2. The van der Waals surface area contributed by atoms with Gasteiger partial charge in [0.25, 0.3) is 10.0 Å². The largest absolute Gasteiger partial charge is 0.387 e. The van der Waals surface area contributed by atoms with Crippen LogP contribution in [0, 0.1) is 6.92 Å². The first-order valence-corrected chi connectivity index (χ1v) is 11.9. The highest BCUT2D eigenvalue weighted by Crippen LogP contribution is 2.30. The van der Waals surface area contributed by atoms with E-state index in [0.717, 1.165) is 16.7 Å². The number of rotatable bonds is 6. The Kier molecular flexibility index (Phi) is 6.23. The van der Waals surface area contributed by atoms with Crippen LogP contribution in [0.15, 0.2) is 53.7 Å². The number of aryl methyl sites for hydroxylation is 1. The van der Waals surface area contributed by atoms with Crippen molar-refractivity contribution < 1.29 is 18.3 Å². The average Bonchev–Trinajstić information content (AvgIpc) is 3.24. The first-order chi connectivity index (χ1) is 15.3. The summed E-state index contributed by atoms with van der Waals surface area (Å²) in [5, 5.41) is 9.72. The summed E-state index contributed by atoms with van der Waals surface area (Å²) in [6.45, 7) is 2.15. The van der Waals surface area contributed by atoms with Gasteiger partial charge < -0.3 is 15.0 Å². The molecule has 0 saturated carbocycles. The van der Waals surface area contributed by atoms with Gasteiger partial charge >= 0.3 is 0 Å². The number of hydrogen-bond acceptors (Lipinski definition) is 5. The van der Waals surface area contributed by atoms with Gasteiger partial charge in [0.15, 0.2) is 5.03 Å². The molecular formula is C22H23ClN4O4S. The van der Waals surface area contributed by atoms with Crippen LogP contribution in [0.4, 0.5) is 5.69 Å². The number of aliphatic hydroxyl groups excluding tert-OH is 1. The van der Waals surface area contributed by atoms with Crippen molar-refractivity contribution in [1.29, 1.82) is 0 Å². The van der Waals surface area contributed by atoms with Gasteiger partial charge in [-0.2, -0.15) is 8.42 Å². The molecule has 3 aromatic rings. The molecule has 32 heavy (non-hydrogen) atoms. The molecule has 0 saturated heterocycles. The normalized spacial score (nSPS) is 13.7. The summed E-state index contributed by atoms with van der Waals surface area (Å²) in [5.41, 5.74) is 3.21. The number of hydrogen-bond donors (Lipinski definition) is 2. The number of sulfonamides is 1. The Morgan fingerprint density at radius 3 is 2.62 bits per heavy atom. The highest BCUT2D eigenvalue weighted by molar-refractivity contribution is 7.92. The first kappa shape index (κ1) is 22.3. The third-order valence-electron chi connectivity index (χ3n) is 5.47. The minimum Gasteiger partial charge on any atom is -0.387 e. The molecule has 1 amide bonds. The Bertz CT molecular complexity index is 1240. The van der Waals surface area contributed by atoms with Crippen LogP contribution >= 0.6 is 11.6 Å². The predicted octanol–water partition coefficient (Wildman–Crippen LogP) is 2.64. The standard InChI is InChI=1S/C22H23ClN4O4S/c1-15-24-11-21(25-15)32(30,31)27(12-16-2-5-19(23)6-3-16)20-7-4-18-13-26(22(29)14-28)9-8-17(18)10-20/h2-7,10-11,28H,8-9,12-14H2,1H3,(H,24,25). The number of amides is 1. The lowest BCUT2D eigenvalue weighted by Crippen LogP contribution is -2.38. The minimum absolute atomic E-state index is 0.0152. The Morgan fingerprint density at radius 1 is 1.22 bits per heavy atom. The van der Waals surface area contributed by atoms with Crippen LogP contribution < -0.4 is 4.31 Å².